The number of fused-ring (bicyclic) bond motifs is 3. The van der Waals surface area contributed by atoms with E-state index in [0.29, 0.717) is 0 Å². The number of benzene rings is 6. The average Bonchev–Trinajstić information content (AvgIpc) is 3.45. The summed E-state index contributed by atoms with van der Waals surface area (Å²) in [6.45, 7) is 0. The molecule has 2 heterocycles. The van der Waals surface area contributed by atoms with Crippen molar-refractivity contribution in [3.63, 3.8) is 0 Å². The van der Waals surface area contributed by atoms with Crippen LogP contribution >= 0.6 is 0 Å². The van der Waals surface area contributed by atoms with E-state index in [4.69, 9.17) is 0 Å². The molecule has 0 atom stereocenters. The minimum absolute atomic E-state index is 1.11. The molecule has 8 rings (SSSR count). The van der Waals surface area contributed by atoms with E-state index in [0.717, 1.165) is 33.9 Å². The van der Waals surface area contributed by atoms with Crippen molar-refractivity contribution in [2.45, 2.75) is 0 Å². The Balaban J connectivity index is 1.32. The third kappa shape index (κ3) is 4.52. The summed E-state index contributed by atoms with van der Waals surface area (Å²) in [7, 11) is 0. The smallest absolute Gasteiger partial charge is 0.0562 e. The molecule has 0 fully saturated rings. The monoisotopic (exact) mass is 563 g/mol. The van der Waals surface area contributed by atoms with Crippen LogP contribution < -0.4 is 4.90 Å². The second-order valence-electron chi connectivity index (χ2n) is 10.9. The van der Waals surface area contributed by atoms with Gasteiger partial charge in [-0.25, -0.2) is 0 Å². The van der Waals surface area contributed by atoms with Gasteiger partial charge < -0.3 is 9.47 Å². The van der Waals surface area contributed by atoms with Gasteiger partial charge in [0.05, 0.1) is 16.7 Å². The number of anilines is 3. The quantitative estimate of drug-likeness (QED) is 0.201. The van der Waals surface area contributed by atoms with Crippen LogP contribution in [0.4, 0.5) is 17.1 Å². The molecule has 0 aliphatic heterocycles. The lowest BCUT2D eigenvalue weighted by Gasteiger charge is -2.26. The van der Waals surface area contributed by atoms with Crippen molar-refractivity contribution >= 4 is 38.9 Å². The first kappa shape index (κ1) is 25.8. The summed E-state index contributed by atoms with van der Waals surface area (Å²) >= 11 is 0. The van der Waals surface area contributed by atoms with Crippen LogP contribution in [0.25, 0.3) is 49.7 Å². The first-order valence-corrected chi connectivity index (χ1v) is 14.9. The van der Waals surface area contributed by atoms with Crippen molar-refractivity contribution in [1.82, 2.24) is 9.55 Å². The molecule has 0 bridgehead atoms. The van der Waals surface area contributed by atoms with E-state index in [1.54, 1.807) is 0 Å². The molecule has 0 saturated heterocycles. The molecular weight excluding hydrogens is 534 g/mol. The van der Waals surface area contributed by atoms with Crippen LogP contribution in [0.2, 0.25) is 0 Å². The molecule has 0 N–H and O–H groups in total. The highest BCUT2D eigenvalue weighted by Crippen LogP contribution is 2.44. The third-order valence-corrected chi connectivity index (χ3v) is 8.28. The van der Waals surface area contributed by atoms with E-state index < -0.39 is 0 Å². The summed E-state index contributed by atoms with van der Waals surface area (Å²) in [4.78, 5) is 6.68. The number of hydrogen-bond acceptors (Lipinski definition) is 2. The highest BCUT2D eigenvalue weighted by Gasteiger charge is 2.20. The number of rotatable bonds is 6. The molecule has 3 nitrogen and oxygen atoms in total. The highest BCUT2D eigenvalue weighted by molar-refractivity contribution is 6.16. The number of pyridine rings is 1. The van der Waals surface area contributed by atoms with Crippen molar-refractivity contribution in [1.29, 1.82) is 0 Å². The fourth-order valence-corrected chi connectivity index (χ4v) is 6.24. The molecule has 0 aliphatic rings. The van der Waals surface area contributed by atoms with E-state index >= 15 is 0 Å². The molecule has 0 aliphatic carbocycles. The van der Waals surface area contributed by atoms with Crippen LogP contribution in [-0.4, -0.2) is 9.55 Å². The van der Waals surface area contributed by atoms with Gasteiger partial charge in [0, 0.05) is 40.2 Å². The lowest BCUT2D eigenvalue weighted by Crippen LogP contribution is -2.10. The second-order valence-corrected chi connectivity index (χ2v) is 10.9. The van der Waals surface area contributed by atoms with Gasteiger partial charge in [-0.3, -0.25) is 4.98 Å². The fourth-order valence-electron chi connectivity index (χ4n) is 6.24. The molecule has 8 aromatic rings. The molecule has 44 heavy (non-hydrogen) atoms. The Bertz CT molecular complexity index is 2180. The predicted molar refractivity (Wildman–Crippen MR) is 184 cm³/mol. The molecule has 2 aromatic heterocycles. The van der Waals surface area contributed by atoms with Crippen LogP contribution in [0.3, 0.4) is 0 Å². The van der Waals surface area contributed by atoms with Gasteiger partial charge in [-0.1, -0.05) is 103 Å². The SMILES string of the molecule is c1ccc(-c2ccc(N(c3ccccc3)c3cccc4c3c3ccccc3n4-c3ccc(-c4cccnc4)cc3)cc2)cc1. The number of nitrogens with zero attached hydrogens (tertiary/aromatic N) is 3. The molecule has 6 aromatic carbocycles. The molecule has 0 radical (unpaired) electrons. The zero-order chi connectivity index (χ0) is 29.3. The zero-order valence-electron chi connectivity index (χ0n) is 24.1. The van der Waals surface area contributed by atoms with Crippen LogP contribution in [-0.2, 0) is 0 Å². The average molecular weight is 564 g/mol. The van der Waals surface area contributed by atoms with Crippen LogP contribution in [0.1, 0.15) is 0 Å². The van der Waals surface area contributed by atoms with Crippen molar-refractivity contribution in [3.8, 4) is 27.9 Å². The second kappa shape index (κ2) is 11.0. The van der Waals surface area contributed by atoms with Gasteiger partial charge in [-0.15, -0.1) is 0 Å². The minimum atomic E-state index is 1.11. The molecule has 208 valence electrons. The highest BCUT2D eigenvalue weighted by atomic mass is 15.1. The normalized spacial score (nSPS) is 11.2. The predicted octanol–water partition coefficient (Wildman–Crippen LogP) is 11.0. The largest absolute Gasteiger partial charge is 0.310 e. The fraction of sp³-hybridized carbons (Fsp3) is 0. The molecule has 0 amide bonds. The van der Waals surface area contributed by atoms with E-state index in [1.807, 2.05) is 18.5 Å². The Kier molecular flexibility index (Phi) is 6.47. The van der Waals surface area contributed by atoms with E-state index in [9.17, 15) is 0 Å². The lowest BCUT2D eigenvalue weighted by atomic mass is 10.0. The first-order valence-electron chi connectivity index (χ1n) is 14.9. The van der Waals surface area contributed by atoms with Crippen molar-refractivity contribution in [2.24, 2.45) is 0 Å². The maximum Gasteiger partial charge on any atom is 0.0562 e. The van der Waals surface area contributed by atoms with Gasteiger partial charge in [-0.05, 0) is 82.9 Å². The summed E-state index contributed by atoms with van der Waals surface area (Å²) in [5, 5.41) is 2.44. The summed E-state index contributed by atoms with van der Waals surface area (Å²) in [6.07, 6.45) is 3.72. The van der Waals surface area contributed by atoms with Crippen molar-refractivity contribution in [3.05, 3.63) is 176 Å². The Labute approximate surface area is 256 Å². The maximum atomic E-state index is 4.30. The molecular formula is C41H29N3. The van der Waals surface area contributed by atoms with Crippen molar-refractivity contribution < 1.29 is 0 Å². The third-order valence-electron chi connectivity index (χ3n) is 8.28. The topological polar surface area (TPSA) is 21.1 Å². The standard InChI is InChI=1S/C41H29N3/c1-3-11-30(12-4-1)31-20-24-35(25-21-31)43(34-14-5-2-6-15-34)39-18-9-19-40-41(39)37-16-7-8-17-38(37)44(40)36-26-22-32(23-27-36)33-13-10-28-42-29-33/h1-29H. The zero-order valence-corrected chi connectivity index (χ0v) is 24.1. The van der Waals surface area contributed by atoms with Crippen LogP contribution in [0, 0.1) is 0 Å². The van der Waals surface area contributed by atoms with Crippen LogP contribution in [0.5, 0.6) is 0 Å². The first-order chi connectivity index (χ1) is 21.8. The molecule has 3 heteroatoms. The summed E-state index contributed by atoms with van der Waals surface area (Å²) < 4.78 is 2.38. The minimum Gasteiger partial charge on any atom is -0.310 e. The van der Waals surface area contributed by atoms with Gasteiger partial charge in [0.1, 0.15) is 0 Å². The summed E-state index contributed by atoms with van der Waals surface area (Å²) in [5.74, 6) is 0. The van der Waals surface area contributed by atoms with E-state index in [1.165, 1.54) is 32.9 Å². The number of aromatic nitrogens is 2. The van der Waals surface area contributed by atoms with E-state index in [-0.39, 0.29) is 0 Å². The van der Waals surface area contributed by atoms with Gasteiger partial charge in [0.15, 0.2) is 0 Å². The van der Waals surface area contributed by atoms with E-state index in [2.05, 4.69) is 172 Å². The van der Waals surface area contributed by atoms with Gasteiger partial charge in [0.25, 0.3) is 0 Å². The molecule has 0 spiro atoms. The summed E-state index contributed by atoms with van der Waals surface area (Å²) in [5.41, 5.74) is 11.5. The molecule has 0 saturated carbocycles. The molecule has 0 unspecified atom stereocenters. The van der Waals surface area contributed by atoms with Gasteiger partial charge in [0.2, 0.25) is 0 Å². The van der Waals surface area contributed by atoms with Crippen molar-refractivity contribution in [2.75, 3.05) is 4.90 Å². The maximum absolute atomic E-state index is 4.30. The Hall–Kier alpha value is -5.93. The van der Waals surface area contributed by atoms with Gasteiger partial charge >= 0.3 is 0 Å². The Morgan fingerprint density at radius 2 is 1.02 bits per heavy atom. The van der Waals surface area contributed by atoms with Gasteiger partial charge in [-0.2, -0.15) is 0 Å². The number of hydrogen-bond donors (Lipinski definition) is 0. The number of para-hydroxylation sites is 2. The lowest BCUT2D eigenvalue weighted by molar-refractivity contribution is 1.18. The summed E-state index contributed by atoms with van der Waals surface area (Å²) in [6, 6.07) is 58.3. The van der Waals surface area contributed by atoms with Crippen LogP contribution in [0.15, 0.2) is 176 Å². The Morgan fingerprint density at radius 1 is 0.432 bits per heavy atom. The Morgan fingerprint density at radius 3 is 1.77 bits per heavy atom.